The van der Waals surface area contributed by atoms with E-state index in [1.54, 1.807) is 36.0 Å². The molecular formula is C9H11N5O. The van der Waals surface area contributed by atoms with Gasteiger partial charge in [0.2, 0.25) is 0 Å². The van der Waals surface area contributed by atoms with Crippen LogP contribution in [0.4, 0.5) is 5.69 Å². The van der Waals surface area contributed by atoms with Crippen molar-refractivity contribution >= 4 is 5.69 Å². The van der Waals surface area contributed by atoms with Gasteiger partial charge in [-0.3, -0.25) is 0 Å². The maximum Gasteiger partial charge on any atom is 0.188 e. The number of nitrogen functional groups attached to an aromatic ring is 1. The Labute approximate surface area is 86.7 Å². The summed E-state index contributed by atoms with van der Waals surface area (Å²) in [7, 11) is 1.77. The minimum absolute atomic E-state index is 0.341. The smallest absolute Gasteiger partial charge is 0.188 e. The number of benzene rings is 1. The highest BCUT2D eigenvalue weighted by Gasteiger charge is 2.02. The van der Waals surface area contributed by atoms with E-state index in [2.05, 4.69) is 15.5 Å². The number of nitrogens with two attached hydrogens (primary N) is 1. The summed E-state index contributed by atoms with van der Waals surface area (Å²) in [5.41, 5.74) is 6.26. The van der Waals surface area contributed by atoms with Crippen LogP contribution in [-0.2, 0) is 13.7 Å². The van der Waals surface area contributed by atoms with E-state index in [0.717, 1.165) is 5.75 Å². The van der Waals surface area contributed by atoms with Crippen molar-refractivity contribution in [3.63, 3.8) is 0 Å². The zero-order valence-corrected chi connectivity index (χ0v) is 8.29. The number of ether oxygens (including phenoxy) is 1. The molecule has 0 aliphatic rings. The van der Waals surface area contributed by atoms with E-state index >= 15 is 0 Å². The lowest BCUT2D eigenvalue weighted by molar-refractivity contribution is 0.289. The highest BCUT2D eigenvalue weighted by atomic mass is 16.5. The number of tetrazole rings is 1. The maximum absolute atomic E-state index is 5.55. The largest absolute Gasteiger partial charge is 0.486 e. The molecule has 1 aromatic heterocycles. The predicted molar refractivity (Wildman–Crippen MR) is 54.0 cm³/mol. The first-order valence-electron chi connectivity index (χ1n) is 4.45. The second kappa shape index (κ2) is 3.95. The Balaban J connectivity index is 1.99. The molecule has 0 saturated heterocycles. The number of hydrogen-bond acceptors (Lipinski definition) is 5. The number of hydrogen-bond donors (Lipinski definition) is 1. The van der Waals surface area contributed by atoms with Crippen LogP contribution in [0, 0.1) is 0 Å². The lowest BCUT2D eigenvalue weighted by Gasteiger charge is -2.04. The van der Waals surface area contributed by atoms with Crippen molar-refractivity contribution in [3.8, 4) is 5.75 Å². The molecular weight excluding hydrogens is 194 g/mol. The molecule has 0 aliphatic heterocycles. The van der Waals surface area contributed by atoms with Crippen LogP contribution < -0.4 is 10.5 Å². The van der Waals surface area contributed by atoms with E-state index in [4.69, 9.17) is 10.5 Å². The molecule has 0 spiro atoms. The van der Waals surface area contributed by atoms with Gasteiger partial charge < -0.3 is 10.5 Å². The van der Waals surface area contributed by atoms with Gasteiger partial charge in [0.15, 0.2) is 5.82 Å². The lowest BCUT2D eigenvalue weighted by atomic mass is 10.3. The molecule has 0 saturated carbocycles. The van der Waals surface area contributed by atoms with Crippen LogP contribution in [0.15, 0.2) is 24.3 Å². The van der Waals surface area contributed by atoms with Gasteiger partial charge >= 0.3 is 0 Å². The number of anilines is 1. The third-order valence-electron chi connectivity index (χ3n) is 1.96. The Bertz CT molecular complexity index is 436. The molecule has 2 N–H and O–H groups in total. The molecule has 15 heavy (non-hydrogen) atoms. The Hall–Kier alpha value is -2.11. The van der Waals surface area contributed by atoms with E-state index in [9.17, 15) is 0 Å². The Morgan fingerprint density at radius 2 is 2.07 bits per heavy atom. The van der Waals surface area contributed by atoms with Crippen LogP contribution in [0.5, 0.6) is 5.75 Å². The molecule has 1 aromatic carbocycles. The highest BCUT2D eigenvalue weighted by Crippen LogP contribution is 2.13. The van der Waals surface area contributed by atoms with Crippen molar-refractivity contribution in [1.82, 2.24) is 20.2 Å². The molecule has 1 heterocycles. The van der Waals surface area contributed by atoms with E-state index in [0.29, 0.717) is 18.1 Å². The van der Waals surface area contributed by atoms with Crippen molar-refractivity contribution in [2.75, 3.05) is 5.73 Å². The summed E-state index contributed by atoms with van der Waals surface area (Å²) in [5.74, 6) is 1.42. The summed E-state index contributed by atoms with van der Waals surface area (Å²) in [5, 5.41) is 11.0. The van der Waals surface area contributed by atoms with E-state index in [-0.39, 0.29) is 0 Å². The molecule has 0 atom stereocenters. The molecule has 0 bridgehead atoms. The molecule has 2 aromatic rings. The van der Waals surface area contributed by atoms with Crippen LogP contribution in [0.2, 0.25) is 0 Å². The minimum Gasteiger partial charge on any atom is -0.486 e. The second-order valence-corrected chi connectivity index (χ2v) is 3.08. The molecule has 0 aliphatic carbocycles. The van der Waals surface area contributed by atoms with Crippen molar-refractivity contribution in [2.24, 2.45) is 7.05 Å². The SMILES string of the molecule is Cn1nnnc1COc1ccc(N)cc1. The topological polar surface area (TPSA) is 78.8 Å². The average molecular weight is 205 g/mol. The fourth-order valence-corrected chi connectivity index (χ4v) is 1.08. The Kier molecular flexibility index (Phi) is 2.49. The summed E-state index contributed by atoms with van der Waals surface area (Å²) in [6.45, 7) is 0.341. The molecule has 6 heteroatoms. The van der Waals surface area contributed by atoms with Gasteiger partial charge in [0.1, 0.15) is 12.4 Å². The zero-order valence-electron chi connectivity index (χ0n) is 8.29. The first-order valence-corrected chi connectivity index (χ1v) is 4.45. The van der Waals surface area contributed by atoms with Gasteiger partial charge in [-0.15, -0.1) is 5.10 Å². The van der Waals surface area contributed by atoms with E-state index in [1.807, 2.05) is 0 Å². The van der Waals surface area contributed by atoms with Crippen LogP contribution in [-0.4, -0.2) is 20.2 Å². The Morgan fingerprint density at radius 1 is 1.33 bits per heavy atom. The first-order chi connectivity index (χ1) is 7.25. The van der Waals surface area contributed by atoms with E-state index < -0.39 is 0 Å². The quantitative estimate of drug-likeness (QED) is 0.732. The molecule has 6 nitrogen and oxygen atoms in total. The standard InChI is InChI=1S/C9H11N5O/c1-14-9(11-12-13-14)6-15-8-4-2-7(10)3-5-8/h2-5H,6,10H2,1H3. The fraction of sp³-hybridized carbons (Fsp3) is 0.222. The molecule has 0 unspecified atom stereocenters. The number of aromatic nitrogens is 4. The van der Waals surface area contributed by atoms with Gasteiger partial charge in [0, 0.05) is 12.7 Å². The summed E-state index contributed by atoms with van der Waals surface area (Å²) in [6.07, 6.45) is 0. The molecule has 0 radical (unpaired) electrons. The second-order valence-electron chi connectivity index (χ2n) is 3.08. The third-order valence-corrected chi connectivity index (χ3v) is 1.96. The number of aryl methyl sites for hydroxylation is 1. The normalized spacial score (nSPS) is 10.2. The van der Waals surface area contributed by atoms with Gasteiger partial charge in [-0.05, 0) is 34.7 Å². The van der Waals surface area contributed by atoms with Gasteiger partial charge in [-0.1, -0.05) is 0 Å². The van der Waals surface area contributed by atoms with E-state index in [1.165, 1.54) is 0 Å². The first kappa shape index (κ1) is 9.45. The number of nitrogens with zero attached hydrogens (tertiary/aromatic N) is 4. The van der Waals surface area contributed by atoms with Gasteiger partial charge in [0.25, 0.3) is 0 Å². The molecule has 78 valence electrons. The average Bonchev–Trinajstić information content (AvgIpc) is 2.63. The lowest BCUT2D eigenvalue weighted by Crippen LogP contribution is -2.04. The monoisotopic (exact) mass is 205 g/mol. The third kappa shape index (κ3) is 2.22. The molecule has 0 fully saturated rings. The summed E-state index contributed by atoms with van der Waals surface area (Å²) >= 11 is 0. The van der Waals surface area contributed by atoms with Gasteiger partial charge in [-0.2, -0.15) is 0 Å². The minimum atomic E-state index is 0.341. The van der Waals surface area contributed by atoms with Gasteiger partial charge in [0.05, 0.1) is 0 Å². The predicted octanol–water partition coefficient (Wildman–Crippen LogP) is 0.371. The summed E-state index contributed by atoms with van der Waals surface area (Å²) in [6, 6.07) is 7.17. The Morgan fingerprint density at radius 3 is 2.67 bits per heavy atom. The summed E-state index contributed by atoms with van der Waals surface area (Å²) in [4.78, 5) is 0. The maximum atomic E-state index is 5.55. The van der Waals surface area contributed by atoms with Crippen molar-refractivity contribution in [2.45, 2.75) is 6.61 Å². The van der Waals surface area contributed by atoms with Crippen molar-refractivity contribution in [3.05, 3.63) is 30.1 Å². The van der Waals surface area contributed by atoms with Crippen LogP contribution in [0.1, 0.15) is 5.82 Å². The highest BCUT2D eigenvalue weighted by molar-refractivity contribution is 5.41. The van der Waals surface area contributed by atoms with Crippen LogP contribution in [0.25, 0.3) is 0 Å². The molecule has 0 amide bonds. The zero-order chi connectivity index (χ0) is 10.7. The van der Waals surface area contributed by atoms with Crippen LogP contribution >= 0.6 is 0 Å². The molecule has 2 rings (SSSR count). The van der Waals surface area contributed by atoms with Crippen LogP contribution in [0.3, 0.4) is 0 Å². The van der Waals surface area contributed by atoms with Crippen molar-refractivity contribution in [1.29, 1.82) is 0 Å². The number of rotatable bonds is 3. The van der Waals surface area contributed by atoms with Gasteiger partial charge in [-0.25, -0.2) is 4.68 Å². The fourth-order valence-electron chi connectivity index (χ4n) is 1.08. The summed E-state index contributed by atoms with van der Waals surface area (Å²) < 4.78 is 7.03. The van der Waals surface area contributed by atoms with Crippen molar-refractivity contribution < 1.29 is 4.74 Å².